The number of hydrogen-bond donors (Lipinski definition) is 1. The van der Waals surface area contributed by atoms with Crippen molar-refractivity contribution in [1.82, 2.24) is 9.80 Å². The molecule has 7 atom stereocenters. The van der Waals surface area contributed by atoms with Gasteiger partial charge in [-0.05, 0) is 24.7 Å². The van der Waals surface area contributed by atoms with Gasteiger partial charge in [0.25, 0.3) is 0 Å². The lowest BCUT2D eigenvalue weighted by Crippen LogP contribution is -2.60. The van der Waals surface area contributed by atoms with Gasteiger partial charge in [0, 0.05) is 18.3 Å². The molecule has 1 N–H and O–H groups in total. The van der Waals surface area contributed by atoms with Crippen molar-refractivity contribution in [2.75, 3.05) is 26.3 Å². The predicted molar refractivity (Wildman–Crippen MR) is 134 cm³/mol. The van der Waals surface area contributed by atoms with Crippen molar-refractivity contribution in [3.63, 3.8) is 0 Å². The summed E-state index contributed by atoms with van der Waals surface area (Å²) >= 11 is 1.63. The van der Waals surface area contributed by atoms with Crippen LogP contribution in [-0.4, -0.2) is 81.1 Å². The van der Waals surface area contributed by atoms with E-state index in [0.717, 1.165) is 19.3 Å². The third kappa shape index (κ3) is 4.21. The van der Waals surface area contributed by atoms with E-state index in [-0.39, 0.29) is 42.1 Å². The fraction of sp³-hybridized carbons (Fsp3) is 0.731. The smallest absolute Gasteiger partial charge is 0.311 e. The first-order valence-corrected chi connectivity index (χ1v) is 13.4. The van der Waals surface area contributed by atoms with Crippen LogP contribution in [0.4, 0.5) is 0 Å². The average molecular weight is 493 g/mol. The molecular weight excluding hydrogens is 452 g/mol. The highest BCUT2D eigenvalue weighted by molar-refractivity contribution is 8.02. The Bertz CT molecular complexity index is 817. The van der Waals surface area contributed by atoms with E-state index in [1.165, 1.54) is 6.08 Å². The zero-order valence-electron chi connectivity index (χ0n) is 20.9. The van der Waals surface area contributed by atoms with E-state index in [0.29, 0.717) is 13.1 Å². The standard InChI is InChI=1S/C26H40N2O5S/c1-7-10-12-27(11-8-2)24(31)22-26-17(6)14-19(34-26)20(25(32)33-13-9-3)21(26)23(30)28(22)18(15-29)16(4)5/h8-9,16-22,29H,2-3,7,10-15H2,1,4-6H3/t17?,18-,19-,20+,21-,22?,26?/m0/s1. The van der Waals surface area contributed by atoms with E-state index in [4.69, 9.17) is 4.74 Å². The minimum atomic E-state index is -0.733. The van der Waals surface area contributed by atoms with Gasteiger partial charge in [-0.15, -0.1) is 18.3 Å². The number of aliphatic hydroxyl groups is 1. The zero-order chi connectivity index (χ0) is 25.2. The number of likely N-dealkylation sites (tertiary alicyclic amines) is 1. The van der Waals surface area contributed by atoms with Crippen LogP contribution in [0.25, 0.3) is 0 Å². The minimum absolute atomic E-state index is 0.0494. The Morgan fingerprint density at radius 1 is 1.35 bits per heavy atom. The fourth-order valence-corrected chi connectivity index (χ4v) is 8.58. The van der Waals surface area contributed by atoms with Gasteiger partial charge >= 0.3 is 5.97 Å². The van der Waals surface area contributed by atoms with Crippen molar-refractivity contribution in [2.45, 2.75) is 69.0 Å². The summed E-state index contributed by atoms with van der Waals surface area (Å²) in [5.74, 6) is -1.91. The predicted octanol–water partition coefficient (Wildman–Crippen LogP) is 2.88. The van der Waals surface area contributed by atoms with E-state index in [9.17, 15) is 19.5 Å². The molecule has 34 heavy (non-hydrogen) atoms. The van der Waals surface area contributed by atoms with Crippen molar-refractivity contribution in [1.29, 1.82) is 0 Å². The maximum atomic E-state index is 14.2. The number of esters is 1. The number of carbonyl (C=O) groups excluding carboxylic acids is 3. The van der Waals surface area contributed by atoms with Gasteiger partial charge in [0.15, 0.2) is 0 Å². The summed E-state index contributed by atoms with van der Waals surface area (Å²) < 4.78 is 4.70. The summed E-state index contributed by atoms with van der Waals surface area (Å²) in [7, 11) is 0. The molecule has 3 heterocycles. The summed E-state index contributed by atoms with van der Waals surface area (Å²) in [6.45, 7) is 16.4. The molecule has 3 unspecified atom stereocenters. The lowest BCUT2D eigenvalue weighted by molar-refractivity contribution is -0.154. The normalized spacial score (nSPS) is 32.6. The van der Waals surface area contributed by atoms with Crippen molar-refractivity contribution < 1.29 is 24.2 Å². The fourth-order valence-electron chi connectivity index (χ4n) is 6.19. The molecule has 0 aromatic heterocycles. The molecule has 7 nitrogen and oxygen atoms in total. The molecule has 8 heteroatoms. The van der Waals surface area contributed by atoms with Crippen LogP contribution in [-0.2, 0) is 19.1 Å². The van der Waals surface area contributed by atoms with Gasteiger partial charge < -0.3 is 19.6 Å². The summed E-state index contributed by atoms with van der Waals surface area (Å²) in [5.41, 5.74) is 0. The zero-order valence-corrected chi connectivity index (χ0v) is 21.8. The van der Waals surface area contributed by atoms with Crippen LogP contribution in [0.3, 0.4) is 0 Å². The monoisotopic (exact) mass is 492 g/mol. The first-order chi connectivity index (χ1) is 16.2. The molecule has 3 saturated heterocycles. The van der Waals surface area contributed by atoms with Gasteiger partial charge in [-0.1, -0.05) is 52.8 Å². The SMILES string of the molecule is C=CCOC(=O)[C@@H]1[C@@H]2CC(C)C3(S2)C(C(=O)N(CC=C)CCCC)N([C@@H](CO)C(C)C)C(=O)[C@H]13. The van der Waals surface area contributed by atoms with E-state index in [1.807, 2.05) is 13.8 Å². The molecule has 2 bridgehead atoms. The van der Waals surface area contributed by atoms with Crippen molar-refractivity contribution in [3.05, 3.63) is 25.3 Å². The molecule has 0 saturated carbocycles. The van der Waals surface area contributed by atoms with Crippen LogP contribution < -0.4 is 0 Å². The Labute approximate surface area is 208 Å². The van der Waals surface area contributed by atoms with Gasteiger partial charge in [0.1, 0.15) is 12.6 Å². The Kier molecular flexibility index (Phi) is 8.56. The lowest BCUT2D eigenvalue weighted by atomic mass is 9.66. The molecule has 0 radical (unpaired) electrons. The van der Waals surface area contributed by atoms with Gasteiger partial charge in [-0.25, -0.2) is 0 Å². The largest absolute Gasteiger partial charge is 0.461 e. The Hall–Kier alpha value is -1.80. The second kappa shape index (κ2) is 10.9. The molecule has 0 aliphatic carbocycles. The van der Waals surface area contributed by atoms with Crippen molar-refractivity contribution in [3.8, 4) is 0 Å². The lowest BCUT2D eigenvalue weighted by Gasteiger charge is -2.42. The van der Waals surface area contributed by atoms with E-state index < -0.39 is 34.6 Å². The Morgan fingerprint density at radius 2 is 2.06 bits per heavy atom. The molecule has 3 aliphatic heterocycles. The second-order valence-corrected chi connectivity index (χ2v) is 11.7. The molecule has 3 fully saturated rings. The number of amides is 2. The van der Waals surface area contributed by atoms with Crippen LogP contribution in [0.1, 0.15) is 47.0 Å². The summed E-state index contributed by atoms with van der Waals surface area (Å²) in [6.07, 6.45) is 5.78. The molecule has 1 spiro atoms. The molecule has 0 aromatic carbocycles. The number of rotatable bonds is 12. The molecular formula is C26H40N2O5S. The third-order valence-electron chi connectivity index (χ3n) is 7.79. The van der Waals surface area contributed by atoms with Crippen LogP contribution in [0, 0.1) is 23.7 Å². The van der Waals surface area contributed by atoms with Gasteiger partial charge in [-0.3, -0.25) is 14.4 Å². The van der Waals surface area contributed by atoms with Gasteiger partial charge in [0.05, 0.1) is 29.2 Å². The van der Waals surface area contributed by atoms with Crippen molar-refractivity contribution in [2.24, 2.45) is 23.7 Å². The van der Waals surface area contributed by atoms with Gasteiger partial charge in [0.2, 0.25) is 11.8 Å². The van der Waals surface area contributed by atoms with Crippen LogP contribution >= 0.6 is 11.8 Å². The van der Waals surface area contributed by atoms with Crippen LogP contribution in [0.2, 0.25) is 0 Å². The van der Waals surface area contributed by atoms with Crippen LogP contribution in [0.15, 0.2) is 25.3 Å². The Morgan fingerprint density at radius 3 is 2.62 bits per heavy atom. The highest BCUT2D eigenvalue weighted by Gasteiger charge is 2.77. The van der Waals surface area contributed by atoms with E-state index in [1.54, 1.807) is 27.6 Å². The molecule has 0 aromatic rings. The van der Waals surface area contributed by atoms with E-state index >= 15 is 0 Å². The van der Waals surface area contributed by atoms with Gasteiger partial charge in [-0.2, -0.15) is 0 Å². The third-order valence-corrected chi connectivity index (χ3v) is 9.87. The number of ether oxygens (including phenoxy) is 1. The molecule has 190 valence electrons. The maximum absolute atomic E-state index is 14.2. The first-order valence-electron chi connectivity index (χ1n) is 12.5. The number of carbonyl (C=O) groups is 3. The summed E-state index contributed by atoms with van der Waals surface area (Å²) in [5, 5.41) is 10.2. The molecule has 3 rings (SSSR count). The second-order valence-electron chi connectivity index (χ2n) is 10.1. The molecule has 3 aliphatic rings. The van der Waals surface area contributed by atoms with Crippen molar-refractivity contribution >= 4 is 29.5 Å². The number of nitrogens with zero attached hydrogens (tertiary/aromatic N) is 2. The number of thioether (sulfide) groups is 1. The number of unbranched alkanes of at least 4 members (excludes halogenated alkanes) is 1. The Balaban J connectivity index is 2.11. The quantitative estimate of drug-likeness (QED) is 0.333. The number of hydrogen-bond acceptors (Lipinski definition) is 6. The number of aliphatic hydroxyl groups excluding tert-OH is 1. The summed E-state index contributed by atoms with van der Waals surface area (Å²) in [6, 6.07) is -1.24. The first kappa shape index (κ1) is 26.8. The summed E-state index contributed by atoms with van der Waals surface area (Å²) in [4.78, 5) is 44.9. The minimum Gasteiger partial charge on any atom is -0.461 e. The topological polar surface area (TPSA) is 87.2 Å². The highest BCUT2D eigenvalue weighted by atomic mass is 32.2. The highest BCUT2D eigenvalue weighted by Crippen LogP contribution is 2.69. The maximum Gasteiger partial charge on any atom is 0.311 e. The number of fused-ring (bicyclic) bond motifs is 1. The average Bonchev–Trinajstić information content (AvgIpc) is 3.39. The van der Waals surface area contributed by atoms with E-state index in [2.05, 4.69) is 27.0 Å². The molecule has 2 amide bonds. The van der Waals surface area contributed by atoms with Crippen LogP contribution in [0.5, 0.6) is 0 Å².